The second-order valence-corrected chi connectivity index (χ2v) is 5.78. The van der Waals surface area contributed by atoms with Crippen molar-refractivity contribution in [2.75, 3.05) is 0 Å². The number of thiazole rings is 1. The van der Waals surface area contributed by atoms with E-state index in [1.807, 2.05) is 53.5 Å². The lowest BCUT2D eigenvalue weighted by Gasteiger charge is -2.05. The van der Waals surface area contributed by atoms with Crippen LogP contribution >= 0.6 is 11.3 Å². The van der Waals surface area contributed by atoms with E-state index in [2.05, 4.69) is 10.1 Å². The van der Waals surface area contributed by atoms with Gasteiger partial charge in [-0.25, -0.2) is 4.98 Å². The topological polar surface area (TPSA) is 50.9 Å². The normalized spacial score (nSPS) is 12.5. The van der Waals surface area contributed by atoms with Crippen LogP contribution in [0.2, 0.25) is 0 Å². The van der Waals surface area contributed by atoms with E-state index in [0.717, 1.165) is 28.4 Å². The van der Waals surface area contributed by atoms with Crippen LogP contribution in [-0.4, -0.2) is 19.9 Å². The molecular formula is C16H17N3OS. The number of hydrogen-bond donors (Lipinski definition) is 1. The van der Waals surface area contributed by atoms with Gasteiger partial charge in [0, 0.05) is 35.7 Å². The van der Waals surface area contributed by atoms with E-state index in [1.165, 1.54) is 0 Å². The first-order valence-electron chi connectivity index (χ1n) is 6.96. The summed E-state index contributed by atoms with van der Waals surface area (Å²) in [5.41, 5.74) is 2.91. The Kier molecular flexibility index (Phi) is 4.13. The Morgan fingerprint density at radius 1 is 1.29 bits per heavy atom. The van der Waals surface area contributed by atoms with E-state index in [0.29, 0.717) is 6.42 Å². The van der Waals surface area contributed by atoms with Gasteiger partial charge < -0.3 is 5.11 Å². The second-order valence-electron chi connectivity index (χ2n) is 4.84. The van der Waals surface area contributed by atoms with Crippen LogP contribution < -0.4 is 0 Å². The fraction of sp³-hybridized carbons (Fsp3) is 0.250. The van der Waals surface area contributed by atoms with Crippen molar-refractivity contribution in [3.8, 4) is 11.3 Å². The van der Waals surface area contributed by atoms with Crippen molar-refractivity contribution in [1.29, 1.82) is 0 Å². The van der Waals surface area contributed by atoms with Crippen LogP contribution in [0.1, 0.15) is 23.6 Å². The number of aryl methyl sites for hydroxylation is 1. The summed E-state index contributed by atoms with van der Waals surface area (Å²) in [5.74, 6) is 0. The highest BCUT2D eigenvalue weighted by atomic mass is 32.1. The van der Waals surface area contributed by atoms with Gasteiger partial charge in [-0.3, -0.25) is 4.68 Å². The zero-order valence-corrected chi connectivity index (χ0v) is 12.6. The monoisotopic (exact) mass is 299 g/mol. The van der Waals surface area contributed by atoms with Crippen LogP contribution in [0.25, 0.3) is 11.3 Å². The summed E-state index contributed by atoms with van der Waals surface area (Å²) < 4.78 is 1.82. The summed E-state index contributed by atoms with van der Waals surface area (Å²) >= 11 is 1.58. The minimum atomic E-state index is -0.555. The van der Waals surface area contributed by atoms with Crippen molar-refractivity contribution in [1.82, 2.24) is 14.8 Å². The number of hydrogen-bond acceptors (Lipinski definition) is 4. The summed E-state index contributed by atoms with van der Waals surface area (Å²) in [5, 5.41) is 17.4. The lowest BCUT2D eigenvalue weighted by atomic mass is 10.1. The first kappa shape index (κ1) is 14.0. The molecule has 0 bridgehead atoms. The molecule has 3 rings (SSSR count). The van der Waals surface area contributed by atoms with Gasteiger partial charge in [0.05, 0.1) is 23.0 Å². The third-order valence-corrected chi connectivity index (χ3v) is 4.22. The van der Waals surface area contributed by atoms with E-state index >= 15 is 0 Å². The van der Waals surface area contributed by atoms with E-state index < -0.39 is 6.10 Å². The van der Waals surface area contributed by atoms with Crippen LogP contribution in [-0.2, 0) is 13.0 Å². The number of aliphatic hydroxyl groups is 1. The minimum Gasteiger partial charge on any atom is -0.388 e. The van der Waals surface area contributed by atoms with E-state index in [1.54, 1.807) is 17.5 Å². The highest BCUT2D eigenvalue weighted by molar-refractivity contribution is 7.09. The molecule has 0 aliphatic rings. The fourth-order valence-electron chi connectivity index (χ4n) is 2.15. The number of benzene rings is 1. The van der Waals surface area contributed by atoms with Gasteiger partial charge in [-0.2, -0.15) is 5.10 Å². The molecule has 1 aromatic carbocycles. The Balaban J connectivity index is 1.72. The molecule has 0 saturated heterocycles. The number of rotatable bonds is 5. The van der Waals surface area contributed by atoms with Crippen molar-refractivity contribution in [2.24, 2.45) is 0 Å². The molecule has 108 valence electrons. The molecule has 1 unspecified atom stereocenters. The molecule has 2 aromatic heterocycles. The van der Waals surface area contributed by atoms with Crippen molar-refractivity contribution < 1.29 is 5.11 Å². The van der Waals surface area contributed by atoms with Gasteiger partial charge in [0.2, 0.25) is 0 Å². The maximum atomic E-state index is 10.3. The molecule has 0 aliphatic carbocycles. The standard InChI is InChI=1S/C16H17N3OS/c1-2-19-10-13(9-17-19)15(20)8-16-18-14(11-21-16)12-6-4-3-5-7-12/h3-7,9-11,15,20H,2,8H2,1H3. The van der Waals surface area contributed by atoms with Gasteiger partial charge >= 0.3 is 0 Å². The molecule has 3 aromatic rings. The quantitative estimate of drug-likeness (QED) is 0.786. The van der Waals surface area contributed by atoms with Gasteiger partial charge in [0.15, 0.2) is 0 Å². The maximum Gasteiger partial charge on any atom is 0.0961 e. The van der Waals surface area contributed by atoms with E-state index in [4.69, 9.17) is 0 Å². The first-order chi connectivity index (χ1) is 10.3. The Morgan fingerprint density at radius 2 is 2.10 bits per heavy atom. The molecular weight excluding hydrogens is 282 g/mol. The fourth-order valence-corrected chi connectivity index (χ4v) is 3.00. The SMILES string of the molecule is CCn1cc(C(O)Cc2nc(-c3ccccc3)cs2)cn1. The van der Waals surface area contributed by atoms with E-state index in [-0.39, 0.29) is 0 Å². The molecule has 21 heavy (non-hydrogen) atoms. The van der Waals surface area contributed by atoms with Crippen LogP contribution in [0.15, 0.2) is 48.1 Å². The molecule has 0 saturated carbocycles. The Morgan fingerprint density at radius 3 is 2.81 bits per heavy atom. The predicted molar refractivity (Wildman–Crippen MR) is 84.1 cm³/mol. The third-order valence-electron chi connectivity index (χ3n) is 3.35. The third kappa shape index (κ3) is 3.20. The molecule has 4 nitrogen and oxygen atoms in total. The highest BCUT2D eigenvalue weighted by Gasteiger charge is 2.13. The van der Waals surface area contributed by atoms with Crippen LogP contribution in [0.5, 0.6) is 0 Å². The average molecular weight is 299 g/mol. The smallest absolute Gasteiger partial charge is 0.0961 e. The summed E-state index contributed by atoms with van der Waals surface area (Å²) in [6, 6.07) is 10.1. The van der Waals surface area contributed by atoms with Gasteiger partial charge in [-0.15, -0.1) is 11.3 Å². The maximum absolute atomic E-state index is 10.3. The van der Waals surface area contributed by atoms with Crippen LogP contribution in [0, 0.1) is 0 Å². The molecule has 0 fully saturated rings. The zero-order valence-electron chi connectivity index (χ0n) is 11.8. The molecule has 1 N–H and O–H groups in total. The van der Waals surface area contributed by atoms with Gasteiger partial charge in [-0.1, -0.05) is 30.3 Å². The van der Waals surface area contributed by atoms with Crippen molar-refractivity contribution in [2.45, 2.75) is 26.0 Å². The first-order valence-corrected chi connectivity index (χ1v) is 7.84. The van der Waals surface area contributed by atoms with Gasteiger partial charge in [0.1, 0.15) is 0 Å². The zero-order chi connectivity index (χ0) is 14.7. The predicted octanol–water partition coefficient (Wildman–Crippen LogP) is 3.30. The molecule has 5 heteroatoms. The molecule has 0 aliphatic heterocycles. The molecule has 1 atom stereocenters. The molecule has 0 amide bonds. The largest absolute Gasteiger partial charge is 0.388 e. The van der Waals surface area contributed by atoms with Crippen molar-refractivity contribution in [3.63, 3.8) is 0 Å². The van der Waals surface area contributed by atoms with Crippen molar-refractivity contribution in [3.05, 3.63) is 58.7 Å². The van der Waals surface area contributed by atoms with Crippen LogP contribution in [0.3, 0.4) is 0 Å². The number of nitrogens with zero attached hydrogens (tertiary/aromatic N) is 3. The second kappa shape index (κ2) is 6.20. The van der Waals surface area contributed by atoms with E-state index in [9.17, 15) is 5.11 Å². The van der Waals surface area contributed by atoms with Gasteiger partial charge in [-0.05, 0) is 6.92 Å². The van der Waals surface area contributed by atoms with Crippen molar-refractivity contribution >= 4 is 11.3 Å². The Bertz CT molecular complexity index is 705. The summed E-state index contributed by atoms with van der Waals surface area (Å²) in [7, 11) is 0. The lowest BCUT2D eigenvalue weighted by Crippen LogP contribution is -2.00. The summed E-state index contributed by atoms with van der Waals surface area (Å²) in [4.78, 5) is 4.60. The van der Waals surface area contributed by atoms with Gasteiger partial charge in [0.25, 0.3) is 0 Å². The Labute approximate surface area is 127 Å². The summed E-state index contributed by atoms with van der Waals surface area (Å²) in [6.45, 7) is 2.83. The number of aromatic nitrogens is 3. The summed E-state index contributed by atoms with van der Waals surface area (Å²) in [6.07, 6.45) is 3.57. The number of aliphatic hydroxyl groups excluding tert-OH is 1. The molecule has 2 heterocycles. The molecule has 0 spiro atoms. The Hall–Kier alpha value is -1.98. The lowest BCUT2D eigenvalue weighted by molar-refractivity contribution is 0.178. The average Bonchev–Trinajstić information content (AvgIpc) is 3.17. The highest BCUT2D eigenvalue weighted by Crippen LogP contribution is 2.25. The van der Waals surface area contributed by atoms with Crippen LogP contribution in [0.4, 0.5) is 0 Å². The molecule has 0 radical (unpaired) electrons. The minimum absolute atomic E-state index is 0.521.